The second-order valence-electron chi connectivity index (χ2n) is 4.77. The first-order chi connectivity index (χ1) is 10.1. The lowest BCUT2D eigenvalue weighted by Crippen LogP contribution is -2.13. The molecule has 5 nitrogen and oxygen atoms in total. The first-order valence-corrected chi connectivity index (χ1v) is 6.83. The molecule has 0 bridgehead atoms. The highest BCUT2D eigenvalue weighted by molar-refractivity contribution is 6.30. The van der Waals surface area contributed by atoms with Crippen LogP contribution in [0.2, 0.25) is 5.02 Å². The number of nitrogens with one attached hydrogen (secondary N) is 1. The van der Waals surface area contributed by atoms with Gasteiger partial charge in [0.05, 0.1) is 11.3 Å². The van der Waals surface area contributed by atoms with Crippen LogP contribution in [-0.4, -0.2) is 34.0 Å². The molecule has 3 rings (SSSR count). The van der Waals surface area contributed by atoms with Crippen LogP contribution in [0.25, 0.3) is 22.6 Å². The Morgan fingerprint density at radius 3 is 2.48 bits per heavy atom. The molecule has 0 amide bonds. The minimum Gasteiger partial charge on any atom is -0.347 e. The predicted molar refractivity (Wildman–Crippen MR) is 84.4 cm³/mol. The van der Waals surface area contributed by atoms with Crippen molar-refractivity contribution < 1.29 is 0 Å². The standard InChI is InChI=1S/C15H14ClN5/c1-21(2)15-19-9-12(14-17-7-8-18-14)13(20-15)10-3-5-11(16)6-4-10/h3-9H,1-2H3,(H,17,18). The Bertz CT molecular complexity index is 735. The number of aromatic nitrogens is 4. The van der Waals surface area contributed by atoms with Crippen molar-refractivity contribution in [3.05, 3.63) is 47.9 Å². The predicted octanol–water partition coefficient (Wildman–Crippen LogP) is 3.25. The summed E-state index contributed by atoms with van der Waals surface area (Å²) in [6.45, 7) is 0. The second kappa shape index (κ2) is 5.54. The van der Waals surface area contributed by atoms with Crippen molar-refractivity contribution in [3.63, 3.8) is 0 Å². The molecule has 0 atom stereocenters. The smallest absolute Gasteiger partial charge is 0.225 e. The molecular weight excluding hydrogens is 286 g/mol. The van der Waals surface area contributed by atoms with E-state index in [1.54, 1.807) is 18.6 Å². The molecule has 21 heavy (non-hydrogen) atoms. The van der Waals surface area contributed by atoms with Gasteiger partial charge in [-0.1, -0.05) is 23.7 Å². The molecule has 0 unspecified atom stereocenters. The molecule has 0 aliphatic rings. The summed E-state index contributed by atoms with van der Waals surface area (Å²) < 4.78 is 0. The van der Waals surface area contributed by atoms with Gasteiger partial charge in [0.15, 0.2) is 0 Å². The minimum absolute atomic E-state index is 0.648. The maximum atomic E-state index is 5.96. The zero-order valence-electron chi connectivity index (χ0n) is 11.7. The van der Waals surface area contributed by atoms with Crippen LogP contribution in [0.4, 0.5) is 5.95 Å². The van der Waals surface area contributed by atoms with Gasteiger partial charge in [-0.25, -0.2) is 15.0 Å². The molecular formula is C15H14ClN5. The average Bonchev–Trinajstić information content (AvgIpc) is 3.01. The van der Waals surface area contributed by atoms with Crippen molar-refractivity contribution in [2.45, 2.75) is 0 Å². The van der Waals surface area contributed by atoms with Crippen LogP contribution in [0, 0.1) is 0 Å². The van der Waals surface area contributed by atoms with Gasteiger partial charge < -0.3 is 9.88 Å². The molecule has 3 aromatic rings. The van der Waals surface area contributed by atoms with Crippen molar-refractivity contribution in [2.75, 3.05) is 19.0 Å². The van der Waals surface area contributed by atoms with Crippen LogP contribution < -0.4 is 4.90 Å². The van der Waals surface area contributed by atoms with Gasteiger partial charge in [-0.15, -0.1) is 0 Å². The first-order valence-electron chi connectivity index (χ1n) is 6.45. The lowest BCUT2D eigenvalue weighted by molar-refractivity contribution is 1.00. The number of aromatic amines is 1. The summed E-state index contributed by atoms with van der Waals surface area (Å²) in [4.78, 5) is 18.3. The molecule has 1 aromatic carbocycles. The highest BCUT2D eigenvalue weighted by Gasteiger charge is 2.14. The zero-order valence-corrected chi connectivity index (χ0v) is 12.5. The third kappa shape index (κ3) is 2.73. The minimum atomic E-state index is 0.648. The Hall–Kier alpha value is -2.40. The number of halogens is 1. The first kappa shape index (κ1) is 13.6. The van der Waals surface area contributed by atoms with E-state index in [0.717, 1.165) is 22.6 Å². The molecule has 0 aliphatic heterocycles. The summed E-state index contributed by atoms with van der Waals surface area (Å²) >= 11 is 5.96. The van der Waals surface area contributed by atoms with E-state index in [2.05, 4.69) is 19.9 Å². The Morgan fingerprint density at radius 2 is 1.86 bits per heavy atom. The van der Waals surface area contributed by atoms with E-state index in [0.29, 0.717) is 11.0 Å². The molecule has 0 spiro atoms. The normalized spacial score (nSPS) is 10.6. The third-order valence-corrected chi connectivity index (χ3v) is 3.30. The average molecular weight is 300 g/mol. The maximum Gasteiger partial charge on any atom is 0.225 e. The number of H-pyrrole nitrogens is 1. The molecule has 106 valence electrons. The van der Waals surface area contributed by atoms with Gasteiger partial charge in [0.1, 0.15) is 5.82 Å². The monoisotopic (exact) mass is 299 g/mol. The van der Waals surface area contributed by atoms with E-state index in [1.807, 2.05) is 43.3 Å². The summed E-state index contributed by atoms with van der Waals surface area (Å²) in [5.74, 6) is 1.39. The third-order valence-electron chi connectivity index (χ3n) is 3.05. The van der Waals surface area contributed by atoms with Gasteiger partial charge in [0, 0.05) is 43.3 Å². The Labute approximate surface area is 127 Å². The Morgan fingerprint density at radius 1 is 1.10 bits per heavy atom. The molecule has 0 aliphatic carbocycles. The summed E-state index contributed by atoms with van der Waals surface area (Å²) in [6, 6.07) is 7.58. The Balaban J connectivity index is 2.19. The number of imidazole rings is 1. The quantitative estimate of drug-likeness (QED) is 0.806. The molecule has 0 saturated carbocycles. The largest absolute Gasteiger partial charge is 0.347 e. The molecule has 6 heteroatoms. The number of hydrogen-bond donors (Lipinski definition) is 1. The summed E-state index contributed by atoms with van der Waals surface area (Å²) in [5, 5.41) is 0.695. The fourth-order valence-corrected chi connectivity index (χ4v) is 2.13. The number of anilines is 1. The molecule has 0 fully saturated rings. The van der Waals surface area contributed by atoms with E-state index in [4.69, 9.17) is 11.6 Å². The van der Waals surface area contributed by atoms with Gasteiger partial charge in [0.25, 0.3) is 0 Å². The van der Waals surface area contributed by atoms with Crippen molar-refractivity contribution in [1.29, 1.82) is 0 Å². The lowest BCUT2D eigenvalue weighted by Gasteiger charge is -2.13. The van der Waals surface area contributed by atoms with Gasteiger partial charge in [-0.2, -0.15) is 0 Å². The van der Waals surface area contributed by atoms with Gasteiger partial charge in [0.2, 0.25) is 5.95 Å². The molecule has 2 aromatic heterocycles. The SMILES string of the molecule is CN(C)c1ncc(-c2ncc[nH]2)c(-c2ccc(Cl)cc2)n1. The van der Waals surface area contributed by atoms with E-state index in [1.165, 1.54) is 0 Å². The summed E-state index contributed by atoms with van der Waals surface area (Å²) in [7, 11) is 3.82. The van der Waals surface area contributed by atoms with Crippen molar-refractivity contribution in [1.82, 2.24) is 19.9 Å². The van der Waals surface area contributed by atoms with E-state index in [9.17, 15) is 0 Å². The van der Waals surface area contributed by atoms with Gasteiger partial charge in [-0.05, 0) is 12.1 Å². The van der Waals surface area contributed by atoms with E-state index >= 15 is 0 Å². The fraction of sp³-hybridized carbons (Fsp3) is 0.133. The van der Waals surface area contributed by atoms with Crippen molar-refractivity contribution in [2.24, 2.45) is 0 Å². The number of nitrogens with zero attached hydrogens (tertiary/aromatic N) is 4. The molecule has 0 saturated heterocycles. The summed E-state index contributed by atoms with van der Waals surface area (Å²) in [5.41, 5.74) is 2.64. The van der Waals surface area contributed by atoms with Crippen LogP contribution in [0.15, 0.2) is 42.9 Å². The van der Waals surface area contributed by atoms with Crippen LogP contribution in [-0.2, 0) is 0 Å². The van der Waals surface area contributed by atoms with Gasteiger partial charge in [-0.3, -0.25) is 0 Å². The number of benzene rings is 1. The molecule has 2 heterocycles. The molecule has 0 radical (unpaired) electrons. The Kier molecular flexibility index (Phi) is 3.58. The van der Waals surface area contributed by atoms with Gasteiger partial charge >= 0.3 is 0 Å². The van der Waals surface area contributed by atoms with Crippen LogP contribution >= 0.6 is 11.6 Å². The van der Waals surface area contributed by atoms with E-state index < -0.39 is 0 Å². The molecule has 1 N–H and O–H groups in total. The van der Waals surface area contributed by atoms with Crippen molar-refractivity contribution >= 4 is 17.5 Å². The summed E-state index contributed by atoms with van der Waals surface area (Å²) in [6.07, 6.45) is 5.27. The number of hydrogen-bond acceptors (Lipinski definition) is 4. The highest BCUT2D eigenvalue weighted by Crippen LogP contribution is 2.29. The topological polar surface area (TPSA) is 57.7 Å². The number of rotatable bonds is 3. The zero-order chi connectivity index (χ0) is 14.8. The maximum absolute atomic E-state index is 5.96. The highest BCUT2D eigenvalue weighted by atomic mass is 35.5. The fourth-order valence-electron chi connectivity index (χ4n) is 2.00. The van der Waals surface area contributed by atoms with Crippen LogP contribution in [0.5, 0.6) is 0 Å². The van der Waals surface area contributed by atoms with Crippen molar-refractivity contribution in [3.8, 4) is 22.6 Å². The van der Waals surface area contributed by atoms with Crippen LogP contribution in [0.1, 0.15) is 0 Å². The van der Waals surface area contributed by atoms with E-state index in [-0.39, 0.29) is 0 Å². The lowest BCUT2D eigenvalue weighted by atomic mass is 10.1. The second-order valence-corrected chi connectivity index (χ2v) is 5.21. The van der Waals surface area contributed by atoms with Crippen LogP contribution in [0.3, 0.4) is 0 Å².